The van der Waals surface area contributed by atoms with Gasteiger partial charge in [-0.3, -0.25) is 10.1 Å². The molecule has 0 fully saturated rings. The molecule has 1 heterocycles. The van der Waals surface area contributed by atoms with Gasteiger partial charge in [-0.2, -0.15) is 0 Å². The van der Waals surface area contributed by atoms with Crippen molar-refractivity contribution in [1.82, 2.24) is 4.98 Å². The number of anilines is 1. The zero-order valence-electron chi connectivity index (χ0n) is 10.5. The van der Waals surface area contributed by atoms with Crippen LogP contribution in [0.5, 0.6) is 0 Å². The van der Waals surface area contributed by atoms with Gasteiger partial charge in [0.2, 0.25) is 5.82 Å². The Morgan fingerprint density at radius 3 is 2.89 bits per heavy atom. The molecule has 1 N–H and O–H groups in total. The number of aromatic nitrogens is 1. The third kappa shape index (κ3) is 2.93. The summed E-state index contributed by atoms with van der Waals surface area (Å²) < 4.78 is 0. The summed E-state index contributed by atoms with van der Waals surface area (Å²) in [5.41, 5.74) is -0.419. The summed E-state index contributed by atoms with van der Waals surface area (Å²) in [5, 5.41) is 14.4. The summed E-state index contributed by atoms with van der Waals surface area (Å²) in [6, 6.07) is 2.78. The van der Waals surface area contributed by atoms with Crippen molar-refractivity contribution in [1.29, 1.82) is 0 Å². The predicted octanol–water partition coefficient (Wildman–Crippen LogP) is 3.72. The number of nitrogens with zero attached hydrogens (tertiary/aromatic N) is 2. The van der Waals surface area contributed by atoms with Crippen LogP contribution < -0.4 is 5.32 Å². The molecule has 1 aromatic rings. The number of hydrogen-bond donors (Lipinski definition) is 1. The highest BCUT2D eigenvalue weighted by Gasteiger charge is 2.28. The molecule has 1 aliphatic rings. The fourth-order valence-corrected chi connectivity index (χ4v) is 2.16. The van der Waals surface area contributed by atoms with Crippen LogP contribution in [0.4, 0.5) is 11.5 Å². The SMILES string of the molecule is CC[C@]1(Nc2nc(Cl)ccc2[N+](=O)[O-])C=CC=CC1. The number of nitro groups is 1. The smallest absolute Gasteiger partial charge is 0.311 e. The van der Waals surface area contributed by atoms with Crippen molar-refractivity contribution < 1.29 is 4.92 Å². The molecule has 0 saturated heterocycles. The number of nitrogens with one attached hydrogen (secondary N) is 1. The standard InChI is InChI=1S/C13H14ClN3O2/c1-2-13(8-4-3-5-9-13)16-12-10(17(18)19)6-7-11(14)15-12/h3-8H,2,9H2,1H3,(H,15,16)/t13-/m0/s1. The van der Waals surface area contributed by atoms with Crippen molar-refractivity contribution >= 4 is 23.1 Å². The minimum Gasteiger partial charge on any atom is -0.355 e. The first-order chi connectivity index (χ1) is 9.06. The molecule has 1 atom stereocenters. The topological polar surface area (TPSA) is 68.1 Å². The summed E-state index contributed by atoms with van der Waals surface area (Å²) in [6.07, 6.45) is 9.45. The van der Waals surface area contributed by atoms with E-state index >= 15 is 0 Å². The average molecular weight is 280 g/mol. The van der Waals surface area contributed by atoms with E-state index in [0.29, 0.717) is 0 Å². The van der Waals surface area contributed by atoms with Crippen LogP contribution in [-0.4, -0.2) is 15.4 Å². The van der Waals surface area contributed by atoms with E-state index < -0.39 is 4.92 Å². The van der Waals surface area contributed by atoms with E-state index in [1.54, 1.807) is 0 Å². The van der Waals surface area contributed by atoms with Crippen molar-refractivity contribution in [2.24, 2.45) is 0 Å². The number of halogens is 1. The fourth-order valence-electron chi connectivity index (χ4n) is 2.01. The lowest BCUT2D eigenvalue weighted by Gasteiger charge is -2.31. The second kappa shape index (κ2) is 5.40. The average Bonchev–Trinajstić information content (AvgIpc) is 2.39. The van der Waals surface area contributed by atoms with Gasteiger partial charge in [-0.05, 0) is 18.9 Å². The maximum atomic E-state index is 11.0. The van der Waals surface area contributed by atoms with Gasteiger partial charge in [0.1, 0.15) is 5.15 Å². The van der Waals surface area contributed by atoms with E-state index in [9.17, 15) is 10.1 Å². The number of rotatable bonds is 4. The van der Waals surface area contributed by atoms with Gasteiger partial charge in [-0.25, -0.2) is 4.98 Å². The Balaban J connectivity index is 2.36. The van der Waals surface area contributed by atoms with Crippen LogP contribution in [0.2, 0.25) is 5.15 Å². The molecule has 0 saturated carbocycles. The van der Waals surface area contributed by atoms with Crippen molar-refractivity contribution in [3.05, 3.63) is 51.7 Å². The van der Waals surface area contributed by atoms with Crippen molar-refractivity contribution in [3.63, 3.8) is 0 Å². The monoisotopic (exact) mass is 279 g/mol. The molecular formula is C13H14ClN3O2. The van der Waals surface area contributed by atoms with Crippen molar-refractivity contribution in [2.45, 2.75) is 25.3 Å². The van der Waals surface area contributed by atoms with Crippen LogP contribution >= 0.6 is 11.6 Å². The molecule has 5 nitrogen and oxygen atoms in total. The van der Waals surface area contributed by atoms with Gasteiger partial charge < -0.3 is 5.32 Å². The van der Waals surface area contributed by atoms with Crippen LogP contribution in [0.15, 0.2) is 36.4 Å². The van der Waals surface area contributed by atoms with Gasteiger partial charge in [0.25, 0.3) is 0 Å². The molecule has 1 aliphatic carbocycles. The maximum Gasteiger partial charge on any atom is 0.311 e. The molecule has 1 aromatic heterocycles. The quantitative estimate of drug-likeness (QED) is 0.518. The molecule has 0 aliphatic heterocycles. The first-order valence-corrected chi connectivity index (χ1v) is 6.37. The van der Waals surface area contributed by atoms with E-state index in [2.05, 4.69) is 10.3 Å². The third-order valence-electron chi connectivity index (χ3n) is 3.18. The molecular weight excluding hydrogens is 266 g/mol. The molecule has 0 bridgehead atoms. The van der Waals surface area contributed by atoms with Crippen LogP contribution in [0, 0.1) is 10.1 Å². The van der Waals surface area contributed by atoms with Gasteiger partial charge in [-0.15, -0.1) is 0 Å². The summed E-state index contributed by atoms with van der Waals surface area (Å²) in [5.74, 6) is 0.208. The molecule has 2 rings (SSSR count). The minimum absolute atomic E-state index is 0.0693. The lowest BCUT2D eigenvalue weighted by Crippen LogP contribution is -2.36. The highest BCUT2D eigenvalue weighted by molar-refractivity contribution is 6.29. The van der Waals surface area contributed by atoms with Gasteiger partial charge in [0.05, 0.1) is 10.5 Å². The molecule has 6 heteroatoms. The highest BCUT2D eigenvalue weighted by atomic mass is 35.5. The first kappa shape index (κ1) is 13.5. The maximum absolute atomic E-state index is 11.0. The Morgan fingerprint density at radius 2 is 2.32 bits per heavy atom. The van der Waals surface area contributed by atoms with Crippen LogP contribution in [-0.2, 0) is 0 Å². The third-order valence-corrected chi connectivity index (χ3v) is 3.39. The molecule has 0 spiro atoms. The molecule has 100 valence electrons. The minimum atomic E-state index is -0.461. The molecule has 19 heavy (non-hydrogen) atoms. The number of hydrogen-bond acceptors (Lipinski definition) is 4. The number of pyridine rings is 1. The Morgan fingerprint density at radius 1 is 1.53 bits per heavy atom. The van der Waals surface area contributed by atoms with Crippen LogP contribution in [0.3, 0.4) is 0 Å². The van der Waals surface area contributed by atoms with Gasteiger partial charge in [0.15, 0.2) is 0 Å². The van der Waals surface area contributed by atoms with Crippen molar-refractivity contribution in [3.8, 4) is 0 Å². The lowest BCUT2D eigenvalue weighted by atomic mass is 9.88. The van der Waals surface area contributed by atoms with Crippen LogP contribution in [0.25, 0.3) is 0 Å². The zero-order valence-corrected chi connectivity index (χ0v) is 11.2. The summed E-state index contributed by atoms with van der Waals surface area (Å²) in [4.78, 5) is 14.6. The van der Waals surface area contributed by atoms with Gasteiger partial charge in [-0.1, -0.05) is 42.8 Å². The highest BCUT2D eigenvalue weighted by Crippen LogP contribution is 2.31. The Labute approximate surface area is 116 Å². The molecule has 0 amide bonds. The van der Waals surface area contributed by atoms with E-state index in [1.165, 1.54) is 12.1 Å². The summed E-state index contributed by atoms with van der Waals surface area (Å²) in [6.45, 7) is 2.02. The van der Waals surface area contributed by atoms with Crippen molar-refractivity contribution in [2.75, 3.05) is 5.32 Å². The fraction of sp³-hybridized carbons (Fsp3) is 0.308. The largest absolute Gasteiger partial charge is 0.355 e. The lowest BCUT2D eigenvalue weighted by molar-refractivity contribution is -0.384. The zero-order chi connectivity index (χ0) is 13.9. The molecule has 0 unspecified atom stereocenters. The van der Waals surface area contributed by atoms with E-state index in [-0.39, 0.29) is 22.2 Å². The summed E-state index contributed by atoms with van der Waals surface area (Å²) in [7, 11) is 0. The van der Waals surface area contributed by atoms with E-state index in [1.807, 2.05) is 31.2 Å². The Kier molecular flexibility index (Phi) is 3.85. The second-order valence-corrected chi connectivity index (χ2v) is 4.77. The van der Waals surface area contributed by atoms with Gasteiger partial charge >= 0.3 is 5.69 Å². The Hall–Kier alpha value is -1.88. The Bertz CT molecular complexity index is 557. The second-order valence-electron chi connectivity index (χ2n) is 4.38. The number of allylic oxidation sites excluding steroid dienone is 2. The van der Waals surface area contributed by atoms with E-state index in [4.69, 9.17) is 11.6 Å². The normalized spacial score (nSPS) is 21.4. The summed E-state index contributed by atoms with van der Waals surface area (Å²) >= 11 is 5.82. The van der Waals surface area contributed by atoms with E-state index in [0.717, 1.165) is 12.8 Å². The molecule has 0 aromatic carbocycles. The predicted molar refractivity (Wildman–Crippen MR) is 75.4 cm³/mol. The van der Waals surface area contributed by atoms with Gasteiger partial charge in [0, 0.05) is 6.07 Å². The molecule has 0 radical (unpaired) electrons. The first-order valence-electron chi connectivity index (χ1n) is 6.00. The van der Waals surface area contributed by atoms with Crippen LogP contribution in [0.1, 0.15) is 19.8 Å².